The molecule has 1 aromatic rings. The van der Waals surface area contributed by atoms with Gasteiger partial charge in [0, 0.05) is 5.69 Å². The van der Waals surface area contributed by atoms with Crippen LogP contribution in [0.2, 0.25) is 0 Å². The van der Waals surface area contributed by atoms with Crippen molar-refractivity contribution in [2.75, 3.05) is 5.73 Å². The first-order valence-corrected chi connectivity index (χ1v) is 4.15. The van der Waals surface area contributed by atoms with Crippen LogP contribution in [0.15, 0.2) is 12.1 Å². The Balaban J connectivity index is 3.10. The Labute approximate surface area is 77.7 Å². The molecule has 1 amide bonds. The van der Waals surface area contributed by atoms with Crippen molar-refractivity contribution in [3.63, 3.8) is 0 Å². The molecule has 0 bridgehead atoms. The number of nitrogen functional groups attached to an aromatic ring is 1. The first kappa shape index (κ1) is 9.58. The molecule has 0 radical (unpaired) electrons. The van der Waals surface area contributed by atoms with Crippen molar-refractivity contribution in [3.8, 4) is 0 Å². The Kier molecular flexibility index (Phi) is 2.56. The van der Waals surface area contributed by atoms with Gasteiger partial charge in [0.15, 0.2) is 0 Å². The highest BCUT2D eigenvalue weighted by molar-refractivity contribution is 5.77. The van der Waals surface area contributed by atoms with E-state index in [1.54, 1.807) is 6.07 Å². The Morgan fingerprint density at radius 2 is 1.92 bits per heavy atom. The number of carbonyl (C=O) groups excluding carboxylic acids is 1. The second-order valence-electron chi connectivity index (χ2n) is 3.21. The lowest BCUT2D eigenvalue weighted by Gasteiger charge is -2.09. The molecule has 70 valence electrons. The highest BCUT2D eigenvalue weighted by atomic mass is 16.1. The maximum absolute atomic E-state index is 10.7. The second kappa shape index (κ2) is 3.47. The highest BCUT2D eigenvalue weighted by Crippen LogP contribution is 2.19. The van der Waals surface area contributed by atoms with E-state index in [2.05, 4.69) is 0 Å². The Hall–Kier alpha value is -1.51. The van der Waals surface area contributed by atoms with Crippen molar-refractivity contribution in [2.24, 2.45) is 5.73 Å². The van der Waals surface area contributed by atoms with Crippen LogP contribution in [0, 0.1) is 13.8 Å². The smallest absolute Gasteiger partial charge is 0.221 e. The molecule has 1 aromatic carbocycles. The van der Waals surface area contributed by atoms with Gasteiger partial charge in [0.05, 0.1) is 6.42 Å². The predicted octanol–water partition coefficient (Wildman–Crippen LogP) is 0.913. The lowest BCUT2D eigenvalue weighted by Crippen LogP contribution is -2.14. The van der Waals surface area contributed by atoms with Crippen molar-refractivity contribution in [2.45, 2.75) is 20.3 Å². The van der Waals surface area contributed by atoms with E-state index in [1.165, 1.54) is 0 Å². The molecule has 0 unspecified atom stereocenters. The number of rotatable bonds is 2. The van der Waals surface area contributed by atoms with Crippen LogP contribution in [0.25, 0.3) is 0 Å². The van der Waals surface area contributed by atoms with E-state index in [9.17, 15) is 4.79 Å². The van der Waals surface area contributed by atoms with Gasteiger partial charge in [-0.25, -0.2) is 0 Å². The number of carbonyl (C=O) groups is 1. The molecule has 0 heterocycles. The third-order valence-corrected chi connectivity index (χ3v) is 2.31. The lowest BCUT2D eigenvalue weighted by atomic mass is 9.99. The van der Waals surface area contributed by atoms with Crippen LogP contribution in [0.5, 0.6) is 0 Å². The zero-order valence-electron chi connectivity index (χ0n) is 7.92. The average molecular weight is 178 g/mol. The highest BCUT2D eigenvalue weighted by Gasteiger charge is 2.05. The Morgan fingerprint density at radius 3 is 2.46 bits per heavy atom. The third-order valence-electron chi connectivity index (χ3n) is 2.31. The fourth-order valence-electron chi connectivity index (χ4n) is 1.28. The Bertz CT molecular complexity index is 345. The van der Waals surface area contributed by atoms with Crippen LogP contribution in [-0.4, -0.2) is 5.91 Å². The molecule has 1 rings (SSSR count). The van der Waals surface area contributed by atoms with Gasteiger partial charge in [-0.3, -0.25) is 4.79 Å². The molecular formula is C10H14N2O. The average Bonchev–Trinajstić information content (AvgIpc) is 2.06. The largest absolute Gasteiger partial charge is 0.399 e. The van der Waals surface area contributed by atoms with Crippen LogP contribution < -0.4 is 11.5 Å². The van der Waals surface area contributed by atoms with Gasteiger partial charge in [-0.2, -0.15) is 0 Å². The van der Waals surface area contributed by atoms with Crippen molar-refractivity contribution in [3.05, 3.63) is 28.8 Å². The summed E-state index contributed by atoms with van der Waals surface area (Å²) in [6, 6.07) is 3.66. The molecule has 4 N–H and O–H groups in total. The van der Waals surface area contributed by atoms with E-state index in [0.29, 0.717) is 0 Å². The van der Waals surface area contributed by atoms with Crippen molar-refractivity contribution < 1.29 is 4.79 Å². The summed E-state index contributed by atoms with van der Waals surface area (Å²) in [5.41, 5.74) is 14.6. The monoisotopic (exact) mass is 178 g/mol. The van der Waals surface area contributed by atoms with E-state index in [-0.39, 0.29) is 12.3 Å². The summed E-state index contributed by atoms with van der Waals surface area (Å²) in [5.74, 6) is -0.313. The normalized spacial score (nSPS) is 10.0. The molecule has 13 heavy (non-hydrogen) atoms. The number of anilines is 1. The molecule has 0 saturated carbocycles. The van der Waals surface area contributed by atoms with Gasteiger partial charge in [-0.05, 0) is 36.6 Å². The molecule has 0 aliphatic heterocycles. The molecule has 0 atom stereocenters. The first-order valence-electron chi connectivity index (χ1n) is 4.15. The van der Waals surface area contributed by atoms with Crippen molar-refractivity contribution >= 4 is 11.6 Å². The second-order valence-corrected chi connectivity index (χ2v) is 3.21. The van der Waals surface area contributed by atoms with Gasteiger partial charge in [0.2, 0.25) is 5.91 Å². The maximum atomic E-state index is 10.7. The fourth-order valence-corrected chi connectivity index (χ4v) is 1.28. The molecule has 0 aromatic heterocycles. The number of benzene rings is 1. The number of amides is 1. The van der Waals surface area contributed by atoms with E-state index < -0.39 is 0 Å². The summed E-state index contributed by atoms with van der Waals surface area (Å²) in [6.07, 6.45) is 0.285. The molecular weight excluding hydrogens is 164 g/mol. The minimum Gasteiger partial charge on any atom is -0.399 e. The van der Waals surface area contributed by atoms with Crippen LogP contribution in [0.4, 0.5) is 5.69 Å². The number of hydrogen-bond acceptors (Lipinski definition) is 2. The number of primary amides is 1. The van der Waals surface area contributed by atoms with Gasteiger partial charge in [-0.1, -0.05) is 6.07 Å². The third kappa shape index (κ3) is 1.99. The number of hydrogen-bond donors (Lipinski definition) is 2. The quantitative estimate of drug-likeness (QED) is 0.661. The van der Waals surface area contributed by atoms with E-state index in [4.69, 9.17) is 11.5 Å². The van der Waals surface area contributed by atoms with E-state index in [0.717, 1.165) is 22.4 Å². The number of nitrogens with two attached hydrogens (primary N) is 2. The molecule has 0 fully saturated rings. The zero-order valence-corrected chi connectivity index (χ0v) is 7.92. The summed E-state index contributed by atoms with van der Waals surface area (Å²) >= 11 is 0. The predicted molar refractivity (Wildman–Crippen MR) is 53.2 cm³/mol. The molecule has 0 saturated heterocycles. The summed E-state index contributed by atoms with van der Waals surface area (Å²) in [4.78, 5) is 10.7. The first-order chi connectivity index (χ1) is 6.02. The van der Waals surface area contributed by atoms with E-state index in [1.807, 2.05) is 19.9 Å². The minimum atomic E-state index is -0.313. The van der Waals surface area contributed by atoms with Crippen LogP contribution in [0.1, 0.15) is 16.7 Å². The zero-order chi connectivity index (χ0) is 10.0. The van der Waals surface area contributed by atoms with Gasteiger partial charge in [0.1, 0.15) is 0 Å². The van der Waals surface area contributed by atoms with Crippen LogP contribution >= 0.6 is 0 Å². The van der Waals surface area contributed by atoms with E-state index >= 15 is 0 Å². The Morgan fingerprint density at radius 1 is 1.31 bits per heavy atom. The van der Waals surface area contributed by atoms with Crippen molar-refractivity contribution in [1.29, 1.82) is 0 Å². The lowest BCUT2D eigenvalue weighted by molar-refractivity contribution is -0.117. The van der Waals surface area contributed by atoms with Crippen LogP contribution in [-0.2, 0) is 11.2 Å². The maximum Gasteiger partial charge on any atom is 0.221 e. The van der Waals surface area contributed by atoms with Crippen LogP contribution in [0.3, 0.4) is 0 Å². The molecule has 0 aliphatic rings. The summed E-state index contributed by atoms with van der Waals surface area (Å²) in [6.45, 7) is 3.89. The SMILES string of the molecule is Cc1c(N)ccc(CC(N)=O)c1C. The standard InChI is InChI=1S/C10H14N2O/c1-6-7(2)9(11)4-3-8(6)5-10(12)13/h3-4H,5,11H2,1-2H3,(H2,12,13). The van der Waals surface area contributed by atoms with Gasteiger partial charge < -0.3 is 11.5 Å². The molecule has 0 spiro atoms. The summed E-state index contributed by atoms with van der Waals surface area (Å²) in [7, 11) is 0. The summed E-state index contributed by atoms with van der Waals surface area (Å²) in [5, 5.41) is 0. The molecule has 3 nitrogen and oxygen atoms in total. The fraction of sp³-hybridized carbons (Fsp3) is 0.300. The minimum absolute atomic E-state index is 0.285. The van der Waals surface area contributed by atoms with Gasteiger partial charge in [0.25, 0.3) is 0 Å². The molecule has 0 aliphatic carbocycles. The summed E-state index contributed by atoms with van der Waals surface area (Å²) < 4.78 is 0. The van der Waals surface area contributed by atoms with Gasteiger partial charge >= 0.3 is 0 Å². The van der Waals surface area contributed by atoms with Gasteiger partial charge in [-0.15, -0.1) is 0 Å². The topological polar surface area (TPSA) is 69.1 Å². The molecule has 3 heteroatoms. The van der Waals surface area contributed by atoms with Crippen molar-refractivity contribution in [1.82, 2.24) is 0 Å².